The van der Waals surface area contributed by atoms with Gasteiger partial charge in [0, 0.05) is 40.4 Å². The lowest BCUT2D eigenvalue weighted by Gasteiger charge is -2.40. The summed E-state index contributed by atoms with van der Waals surface area (Å²) in [6.07, 6.45) is 3.23. The highest BCUT2D eigenvalue weighted by Crippen LogP contribution is 2.52. The maximum absolute atomic E-state index is 13.4. The van der Waals surface area contributed by atoms with Crippen LogP contribution in [-0.4, -0.2) is 17.9 Å². The van der Waals surface area contributed by atoms with E-state index in [0.29, 0.717) is 6.42 Å². The molecule has 0 spiro atoms. The SMILES string of the molecule is COc1ccccc1[C@@H]1Nc2ccc3ncccc3c2C2=C1C(=O)CC(C)(C)C2. The van der Waals surface area contributed by atoms with Gasteiger partial charge in [-0.15, -0.1) is 0 Å². The van der Waals surface area contributed by atoms with Gasteiger partial charge < -0.3 is 10.1 Å². The Bertz CT molecular complexity index is 1180. The van der Waals surface area contributed by atoms with Crippen LogP contribution in [0.5, 0.6) is 5.75 Å². The van der Waals surface area contributed by atoms with E-state index in [1.165, 1.54) is 0 Å². The molecule has 29 heavy (non-hydrogen) atoms. The lowest BCUT2D eigenvalue weighted by Crippen LogP contribution is -2.33. The molecular formula is C25H24N2O2. The summed E-state index contributed by atoms with van der Waals surface area (Å²) in [5, 5.41) is 4.74. The van der Waals surface area contributed by atoms with Crippen molar-refractivity contribution in [2.24, 2.45) is 5.41 Å². The molecule has 4 heteroatoms. The Labute approximate surface area is 170 Å². The lowest BCUT2D eigenvalue weighted by molar-refractivity contribution is -0.118. The normalized spacial score (nSPS) is 20.1. The van der Waals surface area contributed by atoms with Crippen molar-refractivity contribution in [2.75, 3.05) is 12.4 Å². The molecule has 146 valence electrons. The van der Waals surface area contributed by atoms with E-state index in [2.05, 4.69) is 36.3 Å². The number of ether oxygens (including phenoxy) is 1. The van der Waals surface area contributed by atoms with Gasteiger partial charge in [-0.05, 0) is 41.7 Å². The zero-order valence-electron chi connectivity index (χ0n) is 17.0. The molecule has 0 fully saturated rings. The molecule has 1 aliphatic carbocycles. The second-order valence-electron chi connectivity index (χ2n) is 8.71. The number of aromatic nitrogens is 1. The largest absolute Gasteiger partial charge is 0.496 e. The van der Waals surface area contributed by atoms with Crippen LogP contribution in [0.25, 0.3) is 16.5 Å². The van der Waals surface area contributed by atoms with Gasteiger partial charge in [-0.2, -0.15) is 0 Å². The lowest BCUT2D eigenvalue weighted by atomic mass is 9.68. The maximum atomic E-state index is 13.4. The first-order chi connectivity index (χ1) is 14.0. The van der Waals surface area contributed by atoms with Crippen molar-refractivity contribution in [1.82, 2.24) is 4.98 Å². The number of carbonyl (C=O) groups excluding carboxylic acids is 1. The Hall–Kier alpha value is -3.14. The van der Waals surface area contributed by atoms with Crippen LogP contribution >= 0.6 is 0 Å². The molecule has 4 nitrogen and oxygen atoms in total. The minimum Gasteiger partial charge on any atom is -0.496 e. The standard InChI is InChI=1S/C25H24N2O2/c1-25(2)13-17-22-15-8-6-12-26-18(15)10-11-19(22)27-24(23(17)20(28)14-25)16-7-4-5-9-21(16)29-3/h4-12,24,27H,13-14H2,1-3H3/t24-/m0/s1. The molecule has 0 radical (unpaired) electrons. The topological polar surface area (TPSA) is 51.2 Å². The van der Waals surface area contributed by atoms with Crippen molar-refractivity contribution >= 4 is 27.9 Å². The zero-order chi connectivity index (χ0) is 20.2. The van der Waals surface area contributed by atoms with Crippen LogP contribution in [0.15, 0.2) is 60.3 Å². The molecule has 0 unspecified atom stereocenters. The van der Waals surface area contributed by atoms with Crippen molar-refractivity contribution in [3.63, 3.8) is 0 Å². The monoisotopic (exact) mass is 384 g/mol. The van der Waals surface area contributed by atoms with Crippen LogP contribution in [0.4, 0.5) is 5.69 Å². The first-order valence-electron chi connectivity index (χ1n) is 10.0. The van der Waals surface area contributed by atoms with E-state index in [1.807, 2.05) is 42.6 Å². The quantitative estimate of drug-likeness (QED) is 0.629. The van der Waals surface area contributed by atoms with Crippen LogP contribution in [0, 0.1) is 5.41 Å². The van der Waals surface area contributed by atoms with Gasteiger partial charge in [-0.25, -0.2) is 0 Å². The number of ketones is 1. The third-order valence-electron chi connectivity index (χ3n) is 6.05. The number of pyridine rings is 1. The maximum Gasteiger partial charge on any atom is 0.162 e. The molecule has 1 aromatic heterocycles. The summed E-state index contributed by atoms with van der Waals surface area (Å²) in [5.74, 6) is 1.01. The van der Waals surface area contributed by atoms with E-state index < -0.39 is 0 Å². The van der Waals surface area contributed by atoms with Crippen molar-refractivity contribution in [3.05, 3.63) is 71.4 Å². The summed E-state index contributed by atoms with van der Waals surface area (Å²) in [7, 11) is 1.68. The third-order valence-corrected chi connectivity index (χ3v) is 6.05. The predicted octanol–water partition coefficient (Wildman–Crippen LogP) is 5.55. The minimum absolute atomic E-state index is 0.0692. The van der Waals surface area contributed by atoms with Crippen LogP contribution in [0.1, 0.15) is 43.9 Å². The zero-order valence-corrected chi connectivity index (χ0v) is 17.0. The Morgan fingerprint density at radius 1 is 1.07 bits per heavy atom. The van der Waals surface area contributed by atoms with Crippen LogP contribution < -0.4 is 10.1 Å². The summed E-state index contributed by atoms with van der Waals surface area (Å²) in [6.45, 7) is 4.36. The average molecular weight is 384 g/mol. The highest BCUT2D eigenvalue weighted by Gasteiger charge is 2.41. The number of fused-ring (bicyclic) bond motifs is 4. The van der Waals surface area contributed by atoms with Gasteiger partial charge in [-0.3, -0.25) is 9.78 Å². The Kier molecular flexibility index (Phi) is 3.98. The van der Waals surface area contributed by atoms with Gasteiger partial charge in [0.15, 0.2) is 5.78 Å². The average Bonchev–Trinajstić information content (AvgIpc) is 2.71. The first-order valence-corrected chi connectivity index (χ1v) is 10.0. The highest BCUT2D eigenvalue weighted by molar-refractivity contribution is 6.12. The number of nitrogens with zero attached hydrogens (tertiary/aromatic N) is 1. The van der Waals surface area contributed by atoms with Crippen LogP contribution in [-0.2, 0) is 4.79 Å². The van der Waals surface area contributed by atoms with Gasteiger partial charge >= 0.3 is 0 Å². The molecule has 1 N–H and O–H groups in total. The Balaban J connectivity index is 1.82. The van der Waals surface area contributed by atoms with E-state index in [0.717, 1.165) is 51.0 Å². The third kappa shape index (κ3) is 2.82. The number of nitrogens with one attached hydrogen (secondary N) is 1. The molecule has 1 aliphatic heterocycles. The number of rotatable bonds is 2. The van der Waals surface area contributed by atoms with Gasteiger partial charge in [0.25, 0.3) is 0 Å². The molecule has 0 saturated carbocycles. The molecular weight excluding hydrogens is 360 g/mol. The highest BCUT2D eigenvalue weighted by atomic mass is 16.5. The fourth-order valence-electron chi connectivity index (χ4n) is 4.86. The minimum atomic E-state index is -0.216. The van der Waals surface area contributed by atoms with E-state index in [4.69, 9.17) is 4.74 Å². The smallest absolute Gasteiger partial charge is 0.162 e. The number of hydrogen-bond acceptors (Lipinski definition) is 4. The Morgan fingerprint density at radius 2 is 1.90 bits per heavy atom. The molecule has 5 rings (SSSR count). The summed E-state index contributed by atoms with van der Waals surface area (Å²) >= 11 is 0. The van der Waals surface area contributed by atoms with Crippen molar-refractivity contribution in [3.8, 4) is 5.75 Å². The summed E-state index contributed by atoms with van der Waals surface area (Å²) in [5.41, 5.74) is 6.06. The number of anilines is 1. The predicted molar refractivity (Wildman–Crippen MR) is 116 cm³/mol. The molecule has 3 aromatic rings. The van der Waals surface area contributed by atoms with E-state index in [9.17, 15) is 4.79 Å². The fraction of sp³-hybridized carbons (Fsp3) is 0.280. The summed E-state index contributed by atoms with van der Waals surface area (Å²) < 4.78 is 5.63. The van der Waals surface area contributed by atoms with E-state index in [-0.39, 0.29) is 17.2 Å². The molecule has 2 aliphatic rings. The van der Waals surface area contributed by atoms with E-state index >= 15 is 0 Å². The molecule has 0 bridgehead atoms. The first kappa shape index (κ1) is 17.9. The molecule has 2 aromatic carbocycles. The van der Waals surface area contributed by atoms with Crippen molar-refractivity contribution in [2.45, 2.75) is 32.7 Å². The Morgan fingerprint density at radius 3 is 2.72 bits per heavy atom. The van der Waals surface area contributed by atoms with Crippen LogP contribution in [0.3, 0.4) is 0 Å². The van der Waals surface area contributed by atoms with Gasteiger partial charge in [0.2, 0.25) is 0 Å². The number of carbonyl (C=O) groups is 1. The molecule has 0 amide bonds. The second-order valence-corrected chi connectivity index (χ2v) is 8.71. The number of allylic oxidation sites excluding steroid dienone is 1. The van der Waals surface area contributed by atoms with Crippen LogP contribution in [0.2, 0.25) is 0 Å². The van der Waals surface area contributed by atoms with E-state index in [1.54, 1.807) is 7.11 Å². The second kappa shape index (κ2) is 6.45. The number of benzene rings is 2. The number of Topliss-reactive ketones (excluding diaryl/α,β-unsaturated/α-hetero) is 1. The fourth-order valence-corrected chi connectivity index (χ4v) is 4.86. The van der Waals surface area contributed by atoms with Gasteiger partial charge in [0.1, 0.15) is 5.75 Å². The summed E-state index contributed by atoms with van der Waals surface area (Å²) in [6, 6.07) is 15.9. The van der Waals surface area contributed by atoms with Crippen molar-refractivity contribution < 1.29 is 9.53 Å². The molecule has 2 heterocycles. The number of para-hydroxylation sites is 1. The summed E-state index contributed by atoms with van der Waals surface area (Å²) in [4.78, 5) is 18.0. The molecule has 1 atom stereocenters. The number of methoxy groups -OCH3 is 1. The van der Waals surface area contributed by atoms with Crippen molar-refractivity contribution in [1.29, 1.82) is 0 Å². The van der Waals surface area contributed by atoms with Gasteiger partial charge in [0.05, 0.1) is 18.7 Å². The number of hydrogen-bond donors (Lipinski definition) is 1. The van der Waals surface area contributed by atoms with Gasteiger partial charge in [-0.1, -0.05) is 38.1 Å². The molecule has 0 saturated heterocycles.